The van der Waals surface area contributed by atoms with Gasteiger partial charge in [-0.1, -0.05) is 26.0 Å². The number of carbonyl (C=O) groups excluding carboxylic acids is 3. The molecule has 1 aliphatic rings. The molecule has 3 aromatic rings. The SMILES string of the molecule is CCC(C(=O)[N@+]1(c2cccc(OCC(=O)OC(C)(C)C)c2)CCCC(CC(C)c2ccc(OC)c(OC)c2)[C@H]1C(=O)[O-])c1cc(OC)c(OC)c(OC)c1. The number of aliphatic carboxylic acids is 1. The molecule has 12 heteroatoms. The highest BCUT2D eigenvalue weighted by atomic mass is 16.6. The van der Waals surface area contributed by atoms with Crippen LogP contribution in [0.1, 0.15) is 83.3 Å². The first-order valence-corrected chi connectivity index (χ1v) is 18.3. The van der Waals surface area contributed by atoms with Crippen molar-refractivity contribution < 1.29 is 52.6 Å². The van der Waals surface area contributed by atoms with Crippen LogP contribution in [-0.2, 0) is 19.1 Å². The number of quaternary nitrogens is 1. The second kappa shape index (κ2) is 17.9. The molecule has 294 valence electrons. The van der Waals surface area contributed by atoms with Crippen LogP contribution in [0.3, 0.4) is 0 Å². The first-order valence-electron chi connectivity index (χ1n) is 18.3. The first-order chi connectivity index (χ1) is 25.7. The highest BCUT2D eigenvalue weighted by Gasteiger charge is 2.55. The third-order valence-corrected chi connectivity index (χ3v) is 10.1. The third kappa shape index (κ3) is 9.03. The number of likely N-dealkylation sites (tertiary alicyclic amines) is 1. The number of amides is 1. The van der Waals surface area contributed by atoms with Gasteiger partial charge in [-0.2, -0.15) is 0 Å². The van der Waals surface area contributed by atoms with E-state index >= 15 is 4.79 Å². The van der Waals surface area contributed by atoms with Crippen LogP contribution < -0.4 is 38.0 Å². The Bertz CT molecular complexity index is 1760. The molecule has 3 unspecified atom stereocenters. The summed E-state index contributed by atoms with van der Waals surface area (Å²) in [5, 5.41) is 13.7. The number of rotatable bonds is 16. The normalized spacial score (nSPS) is 19.5. The Labute approximate surface area is 318 Å². The number of ether oxygens (including phenoxy) is 7. The van der Waals surface area contributed by atoms with Gasteiger partial charge in [-0.3, -0.25) is 0 Å². The number of carbonyl (C=O) groups is 3. The summed E-state index contributed by atoms with van der Waals surface area (Å²) in [5.74, 6) is -0.981. The van der Waals surface area contributed by atoms with E-state index < -0.39 is 39.9 Å². The van der Waals surface area contributed by atoms with Crippen LogP contribution in [0.25, 0.3) is 0 Å². The minimum atomic E-state index is -1.33. The molecule has 0 bridgehead atoms. The lowest BCUT2D eigenvalue weighted by molar-refractivity contribution is -0.313. The number of carboxylic acid groups (broad SMARTS) is 1. The summed E-state index contributed by atoms with van der Waals surface area (Å²) in [4.78, 5) is 41.8. The van der Waals surface area contributed by atoms with Crippen molar-refractivity contribution in [3.63, 3.8) is 0 Å². The summed E-state index contributed by atoms with van der Waals surface area (Å²) in [6, 6.07) is 14.7. The van der Waals surface area contributed by atoms with E-state index in [4.69, 9.17) is 33.2 Å². The fourth-order valence-electron chi connectivity index (χ4n) is 7.76. The van der Waals surface area contributed by atoms with Gasteiger partial charge in [-0.25, -0.2) is 14.1 Å². The molecule has 1 heterocycles. The number of benzene rings is 3. The highest BCUT2D eigenvalue weighted by molar-refractivity contribution is 5.98. The smallest absolute Gasteiger partial charge is 0.344 e. The molecule has 0 aliphatic carbocycles. The minimum absolute atomic E-state index is 0.104. The summed E-state index contributed by atoms with van der Waals surface area (Å²) >= 11 is 0. The predicted octanol–water partition coefficient (Wildman–Crippen LogP) is 6.20. The van der Waals surface area contributed by atoms with Crippen molar-refractivity contribution in [2.75, 3.05) is 48.7 Å². The molecule has 3 aromatic carbocycles. The zero-order chi connectivity index (χ0) is 39.8. The molecular weight excluding hydrogens is 694 g/mol. The fourth-order valence-corrected chi connectivity index (χ4v) is 7.76. The van der Waals surface area contributed by atoms with Crippen molar-refractivity contribution in [2.45, 2.75) is 83.8 Å². The number of esters is 1. The second-order valence-electron chi connectivity index (χ2n) is 14.6. The minimum Gasteiger partial charge on any atom is -0.544 e. The van der Waals surface area contributed by atoms with E-state index in [9.17, 15) is 14.7 Å². The average molecular weight is 750 g/mol. The average Bonchev–Trinajstić information content (AvgIpc) is 3.15. The standard InChI is InChI=1S/C42H55NO11/c1-11-32(29-22-35(50-8)39(52-10)36(23-29)51-9)40(45)43(30-15-12-16-31(24-30)53-25-37(44)54-42(3,4)5)19-13-14-28(38(43)41(46)47)20-26(2)27-17-18-33(48-6)34(21-27)49-7/h12,15-18,21-24,26,28,32,38H,11,13-14,19-20,25H2,1-10H3/t26?,28?,32?,38-,43-/m0/s1. The number of hydrogen-bond donors (Lipinski definition) is 0. The summed E-state index contributed by atoms with van der Waals surface area (Å²) in [7, 11) is 7.65. The van der Waals surface area contributed by atoms with Crippen LogP contribution in [0, 0.1) is 5.92 Å². The van der Waals surface area contributed by atoms with E-state index in [2.05, 4.69) is 0 Å². The van der Waals surface area contributed by atoms with Gasteiger partial charge in [0.2, 0.25) is 5.75 Å². The molecule has 0 N–H and O–H groups in total. The third-order valence-electron chi connectivity index (χ3n) is 10.1. The number of nitrogens with zero attached hydrogens (tertiary/aromatic N) is 1. The van der Waals surface area contributed by atoms with E-state index in [0.717, 1.165) is 5.56 Å². The van der Waals surface area contributed by atoms with Gasteiger partial charge in [0, 0.05) is 12.0 Å². The van der Waals surface area contributed by atoms with Gasteiger partial charge in [0.15, 0.2) is 29.6 Å². The van der Waals surface area contributed by atoms with Crippen molar-refractivity contribution >= 4 is 23.5 Å². The van der Waals surface area contributed by atoms with Gasteiger partial charge >= 0.3 is 11.9 Å². The largest absolute Gasteiger partial charge is 0.544 e. The molecule has 1 saturated heterocycles. The molecule has 4 rings (SSSR count). The maximum Gasteiger partial charge on any atom is 0.344 e. The van der Waals surface area contributed by atoms with Crippen LogP contribution in [0.15, 0.2) is 54.6 Å². The highest BCUT2D eigenvalue weighted by Crippen LogP contribution is 2.47. The van der Waals surface area contributed by atoms with Gasteiger partial charge in [0.25, 0.3) is 0 Å². The summed E-state index contributed by atoms with van der Waals surface area (Å²) in [6.07, 6.45) is 1.93. The van der Waals surface area contributed by atoms with Crippen molar-refractivity contribution in [3.05, 3.63) is 65.7 Å². The Morgan fingerprint density at radius 1 is 0.833 bits per heavy atom. The number of carboxylic acids is 1. The number of piperidine rings is 1. The van der Waals surface area contributed by atoms with Gasteiger partial charge in [0.1, 0.15) is 29.0 Å². The van der Waals surface area contributed by atoms with E-state index in [0.29, 0.717) is 71.4 Å². The Kier molecular flexibility index (Phi) is 13.9. The van der Waals surface area contributed by atoms with Gasteiger partial charge in [-0.05, 0) is 99.9 Å². The van der Waals surface area contributed by atoms with Crippen LogP contribution in [-0.4, -0.2) is 78.2 Å². The lowest BCUT2D eigenvalue weighted by atomic mass is 9.77. The van der Waals surface area contributed by atoms with Crippen LogP contribution in [0.5, 0.6) is 34.5 Å². The summed E-state index contributed by atoms with van der Waals surface area (Å²) in [5.41, 5.74) is 1.25. The summed E-state index contributed by atoms with van der Waals surface area (Å²) < 4.78 is 38.6. The molecule has 0 aromatic heterocycles. The van der Waals surface area contributed by atoms with Crippen molar-refractivity contribution in [3.8, 4) is 34.5 Å². The molecule has 5 atom stereocenters. The van der Waals surface area contributed by atoms with Gasteiger partial charge in [-0.15, -0.1) is 0 Å². The second-order valence-corrected chi connectivity index (χ2v) is 14.6. The molecule has 1 aliphatic heterocycles. The lowest BCUT2D eigenvalue weighted by Gasteiger charge is -2.50. The topological polar surface area (TPSA) is 139 Å². The monoisotopic (exact) mass is 749 g/mol. The number of methoxy groups -OCH3 is 5. The quantitative estimate of drug-likeness (QED) is 0.122. The van der Waals surface area contributed by atoms with Crippen molar-refractivity contribution in [2.24, 2.45) is 5.92 Å². The van der Waals surface area contributed by atoms with E-state index in [-0.39, 0.29) is 25.0 Å². The van der Waals surface area contributed by atoms with Crippen LogP contribution in [0.2, 0.25) is 0 Å². The Hall–Kier alpha value is -4.97. The van der Waals surface area contributed by atoms with E-state index in [1.807, 2.05) is 32.0 Å². The summed E-state index contributed by atoms with van der Waals surface area (Å²) in [6.45, 7) is 9.06. The molecule has 12 nitrogen and oxygen atoms in total. The van der Waals surface area contributed by atoms with E-state index in [1.165, 1.54) is 21.3 Å². The Morgan fingerprint density at radius 2 is 1.46 bits per heavy atom. The maximum atomic E-state index is 15.5. The molecule has 54 heavy (non-hydrogen) atoms. The fraction of sp³-hybridized carbons (Fsp3) is 0.500. The predicted molar refractivity (Wildman–Crippen MR) is 203 cm³/mol. The zero-order valence-corrected chi connectivity index (χ0v) is 33.2. The van der Waals surface area contributed by atoms with Gasteiger partial charge in [0.05, 0.1) is 48.0 Å². The molecule has 1 amide bonds. The Balaban J connectivity index is 1.87. The number of hydrogen-bond acceptors (Lipinski definition) is 11. The molecule has 0 radical (unpaired) electrons. The Morgan fingerprint density at radius 3 is 2.02 bits per heavy atom. The van der Waals surface area contributed by atoms with E-state index in [1.54, 1.807) is 71.4 Å². The van der Waals surface area contributed by atoms with Crippen molar-refractivity contribution in [1.29, 1.82) is 0 Å². The van der Waals surface area contributed by atoms with Crippen LogP contribution in [0.4, 0.5) is 5.69 Å². The first kappa shape index (κ1) is 41.8. The maximum absolute atomic E-state index is 15.5. The molecule has 0 spiro atoms. The lowest BCUT2D eigenvalue weighted by Crippen LogP contribution is -2.71. The van der Waals surface area contributed by atoms with Gasteiger partial charge < -0.3 is 43.1 Å². The van der Waals surface area contributed by atoms with Crippen molar-refractivity contribution in [1.82, 2.24) is 4.48 Å². The zero-order valence-electron chi connectivity index (χ0n) is 33.2. The molecule has 0 saturated carbocycles. The molecular formula is C42H55NO11. The van der Waals surface area contributed by atoms with Crippen LogP contribution >= 0.6 is 0 Å². The molecule has 1 fully saturated rings.